The first kappa shape index (κ1) is 17.7. The molecule has 1 amide bonds. The first-order valence-corrected chi connectivity index (χ1v) is 9.94. The normalized spacial score (nSPS) is 10.9. The number of amides is 1. The first-order valence-electron chi connectivity index (χ1n) is 8.27. The minimum Gasteiger partial charge on any atom is -0.357 e. The maximum atomic E-state index is 12.6. The van der Waals surface area contributed by atoms with Crippen molar-refractivity contribution in [3.63, 3.8) is 0 Å². The third-order valence-electron chi connectivity index (χ3n) is 4.05. The molecule has 0 atom stereocenters. The molecule has 1 aromatic carbocycles. The Labute approximate surface area is 168 Å². The molecule has 4 aromatic rings. The van der Waals surface area contributed by atoms with E-state index < -0.39 is 0 Å². The van der Waals surface area contributed by atoms with E-state index in [-0.39, 0.29) is 5.91 Å². The SMILES string of the molecule is Cc1nc(-c2c[nH]c(C(=O)Nc3ccnn3Cc3ccc(Br)cc3)c2)cs1. The van der Waals surface area contributed by atoms with Crippen LogP contribution in [0.25, 0.3) is 11.3 Å². The number of nitrogens with zero attached hydrogens (tertiary/aromatic N) is 3. The van der Waals surface area contributed by atoms with Crippen molar-refractivity contribution in [2.75, 3.05) is 5.32 Å². The van der Waals surface area contributed by atoms with Gasteiger partial charge in [-0.15, -0.1) is 11.3 Å². The second kappa shape index (κ2) is 7.50. The fourth-order valence-electron chi connectivity index (χ4n) is 2.68. The van der Waals surface area contributed by atoms with Crippen molar-refractivity contribution in [2.45, 2.75) is 13.5 Å². The summed E-state index contributed by atoms with van der Waals surface area (Å²) in [6, 6.07) is 11.6. The van der Waals surface area contributed by atoms with Gasteiger partial charge in [0.05, 0.1) is 23.4 Å². The maximum absolute atomic E-state index is 12.6. The Hall–Kier alpha value is -2.71. The van der Waals surface area contributed by atoms with Crippen LogP contribution in [0, 0.1) is 6.92 Å². The molecule has 8 heteroatoms. The first-order chi connectivity index (χ1) is 13.1. The van der Waals surface area contributed by atoms with Crippen molar-refractivity contribution in [1.29, 1.82) is 0 Å². The molecule has 0 aliphatic rings. The van der Waals surface area contributed by atoms with Gasteiger partial charge in [-0.2, -0.15) is 5.10 Å². The van der Waals surface area contributed by atoms with Gasteiger partial charge in [0.1, 0.15) is 11.5 Å². The van der Waals surface area contributed by atoms with Crippen LogP contribution in [0.15, 0.2) is 58.6 Å². The van der Waals surface area contributed by atoms with Gasteiger partial charge in [0.15, 0.2) is 0 Å². The summed E-state index contributed by atoms with van der Waals surface area (Å²) in [5, 5.41) is 10.2. The molecular weight excluding hydrogens is 426 g/mol. The molecule has 2 N–H and O–H groups in total. The fraction of sp³-hybridized carbons (Fsp3) is 0.105. The second-order valence-electron chi connectivity index (χ2n) is 6.01. The molecule has 3 aromatic heterocycles. The Morgan fingerprint density at radius 3 is 2.85 bits per heavy atom. The summed E-state index contributed by atoms with van der Waals surface area (Å²) < 4.78 is 2.78. The molecule has 6 nitrogen and oxygen atoms in total. The van der Waals surface area contributed by atoms with E-state index >= 15 is 0 Å². The molecule has 27 heavy (non-hydrogen) atoms. The van der Waals surface area contributed by atoms with Gasteiger partial charge in [-0.1, -0.05) is 28.1 Å². The van der Waals surface area contributed by atoms with Crippen LogP contribution in [0.5, 0.6) is 0 Å². The molecule has 0 saturated heterocycles. The summed E-state index contributed by atoms with van der Waals surface area (Å²) in [5.74, 6) is 0.425. The second-order valence-corrected chi connectivity index (χ2v) is 7.99. The minimum absolute atomic E-state index is 0.217. The molecule has 0 unspecified atom stereocenters. The van der Waals surface area contributed by atoms with Crippen LogP contribution >= 0.6 is 27.3 Å². The number of anilines is 1. The Bertz CT molecular complexity index is 1080. The average Bonchev–Trinajstić information content (AvgIpc) is 3.38. The number of hydrogen-bond donors (Lipinski definition) is 2. The van der Waals surface area contributed by atoms with Gasteiger partial charge in [-0.25, -0.2) is 9.67 Å². The third kappa shape index (κ3) is 4.01. The van der Waals surface area contributed by atoms with Gasteiger partial charge >= 0.3 is 0 Å². The highest BCUT2D eigenvalue weighted by Crippen LogP contribution is 2.22. The van der Waals surface area contributed by atoms with Crippen molar-refractivity contribution in [2.24, 2.45) is 0 Å². The molecule has 136 valence electrons. The lowest BCUT2D eigenvalue weighted by Gasteiger charge is -2.08. The quantitative estimate of drug-likeness (QED) is 0.470. The lowest BCUT2D eigenvalue weighted by Crippen LogP contribution is -2.16. The van der Waals surface area contributed by atoms with Crippen LogP contribution in [0.3, 0.4) is 0 Å². The number of hydrogen-bond acceptors (Lipinski definition) is 4. The van der Waals surface area contributed by atoms with Crippen molar-refractivity contribution in [3.05, 3.63) is 74.9 Å². The molecule has 0 spiro atoms. The number of carbonyl (C=O) groups is 1. The van der Waals surface area contributed by atoms with E-state index in [9.17, 15) is 4.79 Å². The summed E-state index contributed by atoms with van der Waals surface area (Å²) in [6.07, 6.45) is 3.47. The number of H-pyrrole nitrogens is 1. The average molecular weight is 442 g/mol. The molecule has 0 fully saturated rings. The highest BCUT2D eigenvalue weighted by molar-refractivity contribution is 9.10. The van der Waals surface area contributed by atoms with Gasteiger partial charge in [-0.05, 0) is 30.7 Å². The van der Waals surface area contributed by atoms with E-state index in [2.05, 4.69) is 36.3 Å². The predicted octanol–water partition coefficient (Wildman–Crippen LogP) is 4.71. The summed E-state index contributed by atoms with van der Waals surface area (Å²) >= 11 is 5.01. The number of nitrogens with one attached hydrogen (secondary N) is 2. The highest BCUT2D eigenvalue weighted by Gasteiger charge is 2.13. The number of rotatable bonds is 5. The van der Waals surface area contributed by atoms with E-state index in [1.807, 2.05) is 36.6 Å². The van der Waals surface area contributed by atoms with Crippen molar-refractivity contribution >= 4 is 39.0 Å². The van der Waals surface area contributed by atoms with Crippen LogP contribution in [0.4, 0.5) is 5.82 Å². The molecule has 0 bridgehead atoms. The van der Waals surface area contributed by atoms with Crippen LogP contribution in [0.1, 0.15) is 21.1 Å². The van der Waals surface area contributed by atoms with Crippen molar-refractivity contribution in [1.82, 2.24) is 19.7 Å². The Kier molecular flexibility index (Phi) is 4.91. The van der Waals surface area contributed by atoms with Crippen molar-refractivity contribution in [3.8, 4) is 11.3 Å². The van der Waals surface area contributed by atoms with Gasteiger partial charge in [-0.3, -0.25) is 4.79 Å². The molecular formula is C19H16BrN5OS. The zero-order valence-electron chi connectivity index (χ0n) is 14.4. The number of benzene rings is 1. The fourth-order valence-corrected chi connectivity index (χ4v) is 3.57. The zero-order valence-corrected chi connectivity index (χ0v) is 16.8. The molecule has 3 heterocycles. The smallest absolute Gasteiger partial charge is 0.273 e. The topological polar surface area (TPSA) is 75.6 Å². The summed E-state index contributed by atoms with van der Waals surface area (Å²) in [7, 11) is 0. The molecule has 4 rings (SSSR count). The third-order valence-corrected chi connectivity index (χ3v) is 5.35. The molecule has 0 aliphatic carbocycles. The molecule has 0 saturated carbocycles. The van der Waals surface area contributed by atoms with E-state index in [4.69, 9.17) is 0 Å². The number of aryl methyl sites for hydroxylation is 1. The van der Waals surface area contributed by atoms with E-state index in [0.717, 1.165) is 26.3 Å². The van der Waals surface area contributed by atoms with Gasteiger partial charge in [0.25, 0.3) is 5.91 Å². The minimum atomic E-state index is -0.217. The van der Waals surface area contributed by atoms with Crippen LogP contribution in [-0.4, -0.2) is 25.7 Å². The summed E-state index contributed by atoms with van der Waals surface area (Å²) in [6.45, 7) is 2.53. The van der Waals surface area contributed by atoms with E-state index in [1.165, 1.54) is 0 Å². The van der Waals surface area contributed by atoms with Crippen molar-refractivity contribution < 1.29 is 4.79 Å². The maximum Gasteiger partial charge on any atom is 0.273 e. The molecule has 0 aliphatic heterocycles. The predicted molar refractivity (Wildman–Crippen MR) is 110 cm³/mol. The number of aromatic amines is 1. The standard InChI is InChI=1S/C19H16BrN5OS/c1-12-23-17(11-27-12)14-8-16(21-9-14)19(26)24-18-6-7-22-25(18)10-13-2-4-15(20)5-3-13/h2-9,11,21H,10H2,1H3,(H,24,26). The Morgan fingerprint density at radius 2 is 2.11 bits per heavy atom. The lowest BCUT2D eigenvalue weighted by atomic mass is 10.2. The summed E-state index contributed by atoms with van der Waals surface area (Å²) in [4.78, 5) is 20.1. The number of halogens is 1. The number of aromatic nitrogens is 4. The van der Waals surface area contributed by atoms with E-state index in [0.29, 0.717) is 18.1 Å². The highest BCUT2D eigenvalue weighted by atomic mass is 79.9. The van der Waals surface area contributed by atoms with E-state index in [1.54, 1.807) is 40.5 Å². The monoisotopic (exact) mass is 441 g/mol. The van der Waals surface area contributed by atoms with Gasteiger partial charge in [0.2, 0.25) is 0 Å². The molecule has 0 radical (unpaired) electrons. The van der Waals surface area contributed by atoms with Crippen LogP contribution < -0.4 is 5.32 Å². The van der Waals surface area contributed by atoms with Crippen LogP contribution in [-0.2, 0) is 6.54 Å². The van der Waals surface area contributed by atoms with Gasteiger partial charge < -0.3 is 10.3 Å². The lowest BCUT2D eigenvalue weighted by molar-refractivity contribution is 0.102. The summed E-state index contributed by atoms with van der Waals surface area (Å²) in [5.41, 5.74) is 3.34. The van der Waals surface area contributed by atoms with Gasteiger partial charge in [0, 0.05) is 27.7 Å². The largest absolute Gasteiger partial charge is 0.357 e. The zero-order chi connectivity index (χ0) is 18.8. The Balaban J connectivity index is 1.48. The van der Waals surface area contributed by atoms with Crippen LogP contribution in [0.2, 0.25) is 0 Å². The number of carbonyl (C=O) groups excluding carboxylic acids is 1. The Morgan fingerprint density at radius 1 is 1.30 bits per heavy atom. The number of thiazole rings is 1.